The summed E-state index contributed by atoms with van der Waals surface area (Å²) in [5.74, 6) is -0.336. The Hall–Kier alpha value is -3.10. The van der Waals surface area contributed by atoms with Crippen LogP contribution in [-0.2, 0) is 17.6 Å². The molecule has 184 valence electrons. The molecule has 1 amide bonds. The summed E-state index contributed by atoms with van der Waals surface area (Å²) in [6.45, 7) is 4.97. The van der Waals surface area contributed by atoms with Crippen molar-refractivity contribution in [3.8, 4) is 0 Å². The van der Waals surface area contributed by atoms with Crippen LogP contribution in [0.25, 0.3) is 10.9 Å². The van der Waals surface area contributed by atoms with Crippen molar-refractivity contribution in [3.05, 3.63) is 64.3 Å². The van der Waals surface area contributed by atoms with Crippen molar-refractivity contribution in [3.63, 3.8) is 0 Å². The molecule has 2 aliphatic rings. The van der Waals surface area contributed by atoms with E-state index in [1.54, 1.807) is 12.5 Å². The van der Waals surface area contributed by atoms with Crippen LogP contribution in [0.1, 0.15) is 59.4 Å². The zero-order chi connectivity index (χ0) is 24.8. The minimum absolute atomic E-state index is 0.0582. The molecule has 5 rings (SSSR count). The van der Waals surface area contributed by atoms with Crippen LogP contribution in [-0.4, -0.2) is 63.0 Å². The third-order valence-corrected chi connectivity index (χ3v) is 6.86. The number of carboxylic acids is 1. The van der Waals surface area contributed by atoms with Gasteiger partial charge in [0.15, 0.2) is 0 Å². The van der Waals surface area contributed by atoms with Crippen molar-refractivity contribution >= 4 is 34.4 Å². The molecular formula is C26H30ClN5O3. The zero-order valence-electron chi connectivity index (χ0n) is 19.8. The molecule has 1 aliphatic carbocycles. The number of carboxylic acid groups (broad SMARTS) is 1. The third kappa shape index (κ3) is 5.94. The molecule has 0 radical (unpaired) electrons. The van der Waals surface area contributed by atoms with Gasteiger partial charge in [0.05, 0.1) is 10.5 Å². The van der Waals surface area contributed by atoms with E-state index in [0.717, 1.165) is 84.7 Å². The van der Waals surface area contributed by atoms with E-state index in [2.05, 4.69) is 15.3 Å². The summed E-state index contributed by atoms with van der Waals surface area (Å²) in [5.41, 5.74) is 4.66. The lowest BCUT2D eigenvalue weighted by Crippen LogP contribution is -2.46. The van der Waals surface area contributed by atoms with Crippen LogP contribution in [0.2, 0.25) is 5.02 Å². The lowest BCUT2D eigenvalue weighted by atomic mass is 9.84. The minimum atomic E-state index is -0.711. The van der Waals surface area contributed by atoms with Crippen LogP contribution >= 0.6 is 11.6 Å². The second-order valence-corrected chi connectivity index (χ2v) is 9.22. The summed E-state index contributed by atoms with van der Waals surface area (Å²) >= 11 is 6.76. The Morgan fingerprint density at radius 1 is 1.23 bits per heavy atom. The Balaban J connectivity index is 0.000000431. The number of benzene rings is 1. The SMILES string of the molecule is CCCC(=O)O.O=C(c1ccc2c(Cl)c3c(nc2c1)CC(c1ccncn1)CC3)N1CCNCC1. The van der Waals surface area contributed by atoms with Crippen LogP contribution in [0.15, 0.2) is 36.8 Å². The van der Waals surface area contributed by atoms with Crippen LogP contribution in [0.5, 0.6) is 0 Å². The maximum Gasteiger partial charge on any atom is 0.303 e. The van der Waals surface area contributed by atoms with Crippen molar-refractivity contribution in [1.29, 1.82) is 0 Å². The number of pyridine rings is 1. The lowest BCUT2D eigenvalue weighted by molar-refractivity contribution is -0.137. The molecule has 1 unspecified atom stereocenters. The van der Waals surface area contributed by atoms with Crippen molar-refractivity contribution in [2.45, 2.75) is 44.9 Å². The number of nitrogens with zero attached hydrogens (tertiary/aromatic N) is 4. The van der Waals surface area contributed by atoms with E-state index in [9.17, 15) is 9.59 Å². The first-order chi connectivity index (χ1) is 17.0. The number of carbonyl (C=O) groups excluding carboxylic acids is 1. The molecule has 1 saturated heterocycles. The number of amides is 1. The highest BCUT2D eigenvalue weighted by atomic mass is 35.5. The van der Waals surface area contributed by atoms with Gasteiger partial charge in [-0.2, -0.15) is 0 Å². The summed E-state index contributed by atoms with van der Waals surface area (Å²) in [6.07, 6.45) is 7.09. The van der Waals surface area contributed by atoms with Gasteiger partial charge in [-0.05, 0) is 49.4 Å². The summed E-state index contributed by atoms with van der Waals surface area (Å²) in [5, 5.41) is 12.9. The fourth-order valence-electron chi connectivity index (χ4n) is 4.58. The second kappa shape index (κ2) is 11.6. The number of hydrogen-bond acceptors (Lipinski definition) is 6. The molecule has 8 nitrogen and oxygen atoms in total. The van der Waals surface area contributed by atoms with Crippen LogP contribution in [0.4, 0.5) is 0 Å². The highest BCUT2D eigenvalue weighted by Gasteiger charge is 2.26. The number of piperazine rings is 1. The van der Waals surface area contributed by atoms with Gasteiger partial charge in [-0.15, -0.1) is 0 Å². The van der Waals surface area contributed by atoms with Gasteiger partial charge in [0, 0.05) is 67.1 Å². The monoisotopic (exact) mass is 495 g/mol. The average molecular weight is 496 g/mol. The Morgan fingerprint density at radius 2 is 2.03 bits per heavy atom. The van der Waals surface area contributed by atoms with Gasteiger partial charge in [-0.1, -0.05) is 24.6 Å². The van der Waals surface area contributed by atoms with Gasteiger partial charge in [0.1, 0.15) is 6.33 Å². The van der Waals surface area contributed by atoms with E-state index < -0.39 is 5.97 Å². The standard InChI is InChI=1S/C22H22ClN5O.C4H8O2/c23-21-16-3-1-14(18-5-6-25-13-26-18)11-19(16)27-20-12-15(2-4-17(20)21)22(29)28-9-7-24-8-10-28;1-2-3-4(5)6/h2,4-6,12-14,24H,1,3,7-11H2;2-3H2,1H3,(H,5,6). The number of carbonyl (C=O) groups is 2. The normalized spacial score (nSPS) is 17.3. The summed E-state index contributed by atoms with van der Waals surface area (Å²) in [7, 11) is 0. The van der Waals surface area contributed by atoms with Gasteiger partial charge < -0.3 is 15.3 Å². The number of fused-ring (bicyclic) bond motifs is 2. The molecule has 1 aromatic carbocycles. The third-order valence-electron chi connectivity index (χ3n) is 6.42. The summed E-state index contributed by atoms with van der Waals surface area (Å²) in [6, 6.07) is 7.68. The average Bonchev–Trinajstić information content (AvgIpc) is 2.89. The predicted molar refractivity (Wildman–Crippen MR) is 135 cm³/mol. The molecule has 3 aromatic rings. The van der Waals surface area contributed by atoms with Gasteiger partial charge in [0.2, 0.25) is 0 Å². The maximum absolute atomic E-state index is 12.9. The molecule has 1 atom stereocenters. The Labute approximate surface area is 209 Å². The van der Waals surface area contributed by atoms with E-state index in [1.165, 1.54) is 0 Å². The molecule has 0 spiro atoms. The molecule has 0 bridgehead atoms. The lowest BCUT2D eigenvalue weighted by Gasteiger charge is -2.28. The van der Waals surface area contributed by atoms with Crippen molar-refractivity contribution in [2.75, 3.05) is 26.2 Å². The van der Waals surface area contributed by atoms with E-state index in [-0.39, 0.29) is 5.91 Å². The van der Waals surface area contributed by atoms with E-state index in [0.29, 0.717) is 17.9 Å². The molecule has 2 N–H and O–H groups in total. The fourth-order valence-corrected chi connectivity index (χ4v) is 4.94. The first-order valence-corrected chi connectivity index (χ1v) is 12.4. The van der Waals surface area contributed by atoms with E-state index in [4.69, 9.17) is 21.7 Å². The quantitative estimate of drug-likeness (QED) is 0.565. The number of halogens is 1. The molecule has 3 heterocycles. The first-order valence-electron chi connectivity index (χ1n) is 12.1. The first kappa shape index (κ1) is 25.0. The van der Waals surface area contributed by atoms with Crippen LogP contribution < -0.4 is 5.32 Å². The smallest absolute Gasteiger partial charge is 0.303 e. The van der Waals surface area contributed by atoms with Crippen molar-refractivity contribution in [2.24, 2.45) is 0 Å². The molecular weight excluding hydrogens is 466 g/mol. The Morgan fingerprint density at radius 3 is 2.69 bits per heavy atom. The Kier molecular flexibility index (Phi) is 8.25. The minimum Gasteiger partial charge on any atom is -0.481 e. The van der Waals surface area contributed by atoms with Gasteiger partial charge in [-0.25, -0.2) is 9.97 Å². The van der Waals surface area contributed by atoms with E-state index >= 15 is 0 Å². The molecule has 1 aliphatic heterocycles. The highest BCUT2D eigenvalue weighted by Crippen LogP contribution is 2.37. The molecule has 35 heavy (non-hydrogen) atoms. The van der Waals surface area contributed by atoms with Gasteiger partial charge in [-0.3, -0.25) is 14.6 Å². The van der Waals surface area contributed by atoms with Crippen LogP contribution in [0.3, 0.4) is 0 Å². The molecule has 2 aromatic heterocycles. The topological polar surface area (TPSA) is 108 Å². The number of nitrogens with one attached hydrogen (secondary N) is 1. The number of hydrogen-bond donors (Lipinski definition) is 2. The molecule has 0 saturated carbocycles. The predicted octanol–water partition coefficient (Wildman–Crippen LogP) is 3.87. The highest BCUT2D eigenvalue weighted by molar-refractivity contribution is 6.36. The largest absolute Gasteiger partial charge is 0.481 e. The zero-order valence-corrected chi connectivity index (χ0v) is 20.6. The van der Waals surface area contributed by atoms with Crippen molar-refractivity contribution in [1.82, 2.24) is 25.2 Å². The van der Waals surface area contributed by atoms with Crippen molar-refractivity contribution < 1.29 is 14.7 Å². The molecule has 1 fully saturated rings. The van der Waals surface area contributed by atoms with Gasteiger partial charge >= 0.3 is 5.97 Å². The van der Waals surface area contributed by atoms with Gasteiger partial charge in [0.25, 0.3) is 5.91 Å². The summed E-state index contributed by atoms with van der Waals surface area (Å²) < 4.78 is 0. The maximum atomic E-state index is 12.9. The molecule has 9 heteroatoms. The fraction of sp³-hybridized carbons (Fsp3) is 0.423. The Bertz CT molecular complexity index is 1200. The van der Waals surface area contributed by atoms with E-state index in [1.807, 2.05) is 36.1 Å². The second-order valence-electron chi connectivity index (χ2n) is 8.84. The number of aromatic nitrogens is 3. The summed E-state index contributed by atoms with van der Waals surface area (Å²) in [4.78, 5) is 37.7. The number of aliphatic carboxylic acids is 1. The van der Waals surface area contributed by atoms with Crippen LogP contribution in [0, 0.1) is 0 Å². The number of rotatable bonds is 4.